The normalized spacial score (nSPS) is 10.4. The molecular weight excluding hydrogens is 352 g/mol. The quantitative estimate of drug-likeness (QED) is 0.580. The Morgan fingerprint density at radius 3 is 1.00 bits per heavy atom. The fourth-order valence-electron chi connectivity index (χ4n) is 3.37. The van der Waals surface area contributed by atoms with Crippen LogP contribution >= 0.6 is 0 Å². The van der Waals surface area contributed by atoms with Crippen molar-refractivity contribution in [1.82, 2.24) is 0 Å². The minimum absolute atomic E-state index is 0.440. The molecule has 0 fully saturated rings. The Morgan fingerprint density at radius 1 is 0.464 bits per heavy atom. The van der Waals surface area contributed by atoms with Gasteiger partial charge >= 0.3 is 0 Å². The highest BCUT2D eigenvalue weighted by atomic mass is 16.1. The van der Waals surface area contributed by atoms with Crippen molar-refractivity contribution in [2.24, 2.45) is 0 Å². The molecule has 0 saturated carbocycles. The standard InChI is InChI=1S/C24H18O4/c1-15-3-24(22-9-19(13-27)6-20(10-22)14-28)16(2)4-23(15)21-7-17(11-25)5-18(8-21)12-26/h3-14H,1-2H3. The molecule has 0 aromatic heterocycles. The van der Waals surface area contributed by atoms with Crippen LogP contribution in [0, 0.1) is 13.8 Å². The molecule has 0 saturated heterocycles. The van der Waals surface area contributed by atoms with Gasteiger partial charge in [-0.15, -0.1) is 0 Å². The molecule has 3 aromatic rings. The maximum atomic E-state index is 11.2. The van der Waals surface area contributed by atoms with Gasteiger partial charge in [0, 0.05) is 22.3 Å². The van der Waals surface area contributed by atoms with Gasteiger partial charge in [0.25, 0.3) is 0 Å². The van der Waals surface area contributed by atoms with Crippen LogP contribution in [0.3, 0.4) is 0 Å². The van der Waals surface area contributed by atoms with Crippen molar-refractivity contribution < 1.29 is 19.2 Å². The first kappa shape index (κ1) is 19.1. The Labute approximate surface area is 162 Å². The summed E-state index contributed by atoms with van der Waals surface area (Å²) in [6.45, 7) is 3.88. The zero-order valence-corrected chi connectivity index (χ0v) is 15.6. The zero-order valence-electron chi connectivity index (χ0n) is 15.6. The van der Waals surface area contributed by atoms with Gasteiger partial charge < -0.3 is 0 Å². The van der Waals surface area contributed by atoms with E-state index in [2.05, 4.69) is 0 Å². The van der Waals surface area contributed by atoms with Gasteiger partial charge in [-0.3, -0.25) is 19.2 Å². The van der Waals surface area contributed by atoms with Crippen LogP contribution in [0.1, 0.15) is 52.6 Å². The molecule has 3 aromatic carbocycles. The lowest BCUT2D eigenvalue weighted by atomic mass is 9.90. The van der Waals surface area contributed by atoms with Crippen molar-refractivity contribution in [3.05, 3.63) is 81.9 Å². The van der Waals surface area contributed by atoms with Crippen molar-refractivity contribution in [2.45, 2.75) is 13.8 Å². The van der Waals surface area contributed by atoms with Gasteiger partial charge in [0.1, 0.15) is 25.1 Å². The molecule has 0 spiro atoms. The first-order valence-corrected chi connectivity index (χ1v) is 8.72. The molecule has 0 radical (unpaired) electrons. The number of carbonyl (C=O) groups excluding carboxylic acids is 4. The van der Waals surface area contributed by atoms with Crippen molar-refractivity contribution in [1.29, 1.82) is 0 Å². The van der Waals surface area contributed by atoms with E-state index in [1.165, 1.54) is 0 Å². The Bertz CT molecular complexity index is 968. The van der Waals surface area contributed by atoms with E-state index in [4.69, 9.17) is 0 Å². The van der Waals surface area contributed by atoms with Crippen LogP contribution in [0.25, 0.3) is 22.3 Å². The lowest BCUT2D eigenvalue weighted by Gasteiger charge is -2.14. The van der Waals surface area contributed by atoms with Crippen molar-refractivity contribution in [2.75, 3.05) is 0 Å². The minimum Gasteiger partial charge on any atom is -0.298 e. The van der Waals surface area contributed by atoms with E-state index >= 15 is 0 Å². The van der Waals surface area contributed by atoms with Crippen LogP contribution < -0.4 is 0 Å². The van der Waals surface area contributed by atoms with Gasteiger partial charge in [0.05, 0.1) is 0 Å². The molecule has 3 rings (SSSR count). The number of benzene rings is 3. The molecular formula is C24H18O4. The number of hydrogen-bond acceptors (Lipinski definition) is 4. The number of hydrogen-bond donors (Lipinski definition) is 0. The van der Waals surface area contributed by atoms with E-state index in [0.29, 0.717) is 22.3 Å². The smallest absolute Gasteiger partial charge is 0.150 e. The highest BCUT2D eigenvalue weighted by Gasteiger charge is 2.12. The summed E-state index contributed by atoms with van der Waals surface area (Å²) in [5, 5.41) is 0. The Kier molecular flexibility index (Phi) is 5.41. The fraction of sp³-hybridized carbons (Fsp3) is 0.0833. The van der Waals surface area contributed by atoms with Crippen molar-refractivity contribution in [3.8, 4) is 22.3 Å². The molecule has 0 bridgehead atoms. The van der Waals surface area contributed by atoms with Gasteiger partial charge in [0.2, 0.25) is 0 Å². The topological polar surface area (TPSA) is 68.3 Å². The maximum absolute atomic E-state index is 11.2. The lowest BCUT2D eigenvalue weighted by molar-refractivity contribution is 0.111. The van der Waals surface area contributed by atoms with E-state index in [0.717, 1.165) is 58.5 Å². The lowest BCUT2D eigenvalue weighted by Crippen LogP contribution is -1.95. The third-order valence-corrected chi connectivity index (χ3v) is 4.69. The van der Waals surface area contributed by atoms with E-state index < -0.39 is 0 Å². The summed E-state index contributed by atoms with van der Waals surface area (Å²) >= 11 is 0. The largest absolute Gasteiger partial charge is 0.298 e. The molecule has 0 heterocycles. The van der Waals surface area contributed by atoms with E-state index in [1.54, 1.807) is 36.4 Å². The predicted octanol–water partition coefficient (Wildman–Crippen LogP) is 4.89. The molecule has 0 unspecified atom stereocenters. The average molecular weight is 370 g/mol. The summed E-state index contributed by atoms with van der Waals surface area (Å²) in [5.41, 5.74) is 7.05. The monoisotopic (exact) mass is 370 g/mol. The second-order valence-electron chi connectivity index (χ2n) is 6.73. The maximum Gasteiger partial charge on any atom is 0.150 e. The SMILES string of the molecule is Cc1cc(-c2cc(C=O)cc(C=O)c2)c(C)cc1-c1cc(C=O)cc(C=O)c1. The average Bonchev–Trinajstić information content (AvgIpc) is 2.73. The van der Waals surface area contributed by atoms with Gasteiger partial charge in [-0.2, -0.15) is 0 Å². The highest BCUT2D eigenvalue weighted by molar-refractivity contribution is 5.89. The van der Waals surface area contributed by atoms with Crippen LogP contribution in [0.2, 0.25) is 0 Å². The molecule has 0 aliphatic rings. The Hall–Kier alpha value is -3.66. The van der Waals surface area contributed by atoms with E-state index in [9.17, 15) is 19.2 Å². The van der Waals surface area contributed by atoms with Gasteiger partial charge in [-0.25, -0.2) is 0 Å². The fourth-order valence-corrected chi connectivity index (χ4v) is 3.37. The number of rotatable bonds is 6. The first-order valence-electron chi connectivity index (χ1n) is 8.72. The first-order chi connectivity index (χ1) is 13.5. The Balaban J connectivity index is 2.17. The molecule has 0 aliphatic carbocycles. The molecule has 0 amide bonds. The molecule has 0 N–H and O–H groups in total. The van der Waals surface area contributed by atoms with Crippen molar-refractivity contribution in [3.63, 3.8) is 0 Å². The predicted molar refractivity (Wildman–Crippen MR) is 108 cm³/mol. The Morgan fingerprint density at radius 2 is 0.750 bits per heavy atom. The summed E-state index contributed by atoms with van der Waals surface area (Å²) in [7, 11) is 0. The summed E-state index contributed by atoms with van der Waals surface area (Å²) in [6, 6.07) is 14.1. The number of carbonyl (C=O) groups is 4. The van der Waals surface area contributed by atoms with Gasteiger partial charge in [-0.05, 0) is 83.6 Å². The van der Waals surface area contributed by atoms with E-state index in [1.807, 2.05) is 26.0 Å². The third-order valence-electron chi connectivity index (χ3n) is 4.69. The van der Waals surface area contributed by atoms with Crippen LogP contribution in [0.15, 0.2) is 48.5 Å². The second-order valence-corrected chi connectivity index (χ2v) is 6.73. The summed E-state index contributed by atoms with van der Waals surface area (Å²) in [5.74, 6) is 0. The molecule has 4 nitrogen and oxygen atoms in total. The summed E-state index contributed by atoms with van der Waals surface area (Å²) < 4.78 is 0. The summed E-state index contributed by atoms with van der Waals surface area (Å²) in [4.78, 5) is 44.8. The van der Waals surface area contributed by atoms with Crippen LogP contribution in [0.5, 0.6) is 0 Å². The van der Waals surface area contributed by atoms with Crippen LogP contribution in [-0.4, -0.2) is 25.1 Å². The number of aryl methyl sites for hydroxylation is 2. The van der Waals surface area contributed by atoms with Crippen LogP contribution in [0.4, 0.5) is 0 Å². The molecule has 0 aliphatic heterocycles. The van der Waals surface area contributed by atoms with Crippen LogP contribution in [-0.2, 0) is 0 Å². The second kappa shape index (κ2) is 7.92. The minimum atomic E-state index is 0.440. The summed E-state index contributed by atoms with van der Waals surface area (Å²) in [6.07, 6.45) is 2.88. The molecule has 4 heteroatoms. The number of aldehydes is 4. The molecule has 0 atom stereocenters. The highest BCUT2D eigenvalue weighted by Crippen LogP contribution is 2.33. The molecule has 138 valence electrons. The van der Waals surface area contributed by atoms with E-state index in [-0.39, 0.29) is 0 Å². The van der Waals surface area contributed by atoms with Gasteiger partial charge in [-0.1, -0.05) is 12.1 Å². The molecule has 28 heavy (non-hydrogen) atoms. The zero-order chi connectivity index (χ0) is 20.3. The van der Waals surface area contributed by atoms with Gasteiger partial charge in [0.15, 0.2) is 0 Å². The van der Waals surface area contributed by atoms with Crippen molar-refractivity contribution >= 4 is 25.1 Å². The third kappa shape index (κ3) is 3.71.